The molecule has 2 aromatic rings. The van der Waals surface area contributed by atoms with E-state index in [4.69, 9.17) is 9.72 Å². The van der Waals surface area contributed by atoms with Crippen LogP contribution in [-0.4, -0.2) is 39.5 Å². The van der Waals surface area contributed by atoms with Gasteiger partial charge in [0.25, 0.3) is 5.56 Å². The molecule has 1 saturated carbocycles. The molecule has 4 atom stereocenters. The van der Waals surface area contributed by atoms with Gasteiger partial charge in [-0.1, -0.05) is 43.7 Å². The minimum absolute atomic E-state index is 0.0184. The van der Waals surface area contributed by atoms with Gasteiger partial charge >= 0.3 is 0 Å². The van der Waals surface area contributed by atoms with E-state index in [1.54, 1.807) is 4.57 Å². The number of carbonyl (C=O) groups is 1. The number of hydrogen-bond acceptors (Lipinski definition) is 5. The van der Waals surface area contributed by atoms with Gasteiger partial charge in [-0.3, -0.25) is 14.2 Å². The number of para-hydroxylation sites is 1. The summed E-state index contributed by atoms with van der Waals surface area (Å²) in [5.74, 6) is 0.529. The molecule has 0 radical (unpaired) electrons. The van der Waals surface area contributed by atoms with E-state index in [0.717, 1.165) is 25.9 Å². The third-order valence-corrected chi connectivity index (χ3v) is 7.42. The third kappa shape index (κ3) is 4.72. The van der Waals surface area contributed by atoms with Crippen molar-refractivity contribution in [2.75, 3.05) is 6.61 Å². The Morgan fingerprint density at radius 3 is 2.83 bits per heavy atom. The average molecular weight is 430 g/mol. The van der Waals surface area contributed by atoms with Crippen molar-refractivity contribution in [1.29, 1.82) is 0 Å². The molecule has 0 bridgehead atoms. The molecule has 2 aliphatic rings. The molecule has 2 fully saturated rings. The number of rotatable bonds is 6. The summed E-state index contributed by atoms with van der Waals surface area (Å²) in [5, 5.41) is 4.10. The van der Waals surface area contributed by atoms with Crippen molar-refractivity contribution >= 4 is 28.6 Å². The number of ether oxygens (including phenoxy) is 1. The lowest BCUT2D eigenvalue weighted by Crippen LogP contribution is -2.44. The Morgan fingerprint density at radius 1 is 1.27 bits per heavy atom. The fourth-order valence-corrected chi connectivity index (χ4v) is 5.36. The quantitative estimate of drug-likeness (QED) is 0.559. The summed E-state index contributed by atoms with van der Waals surface area (Å²) in [6.07, 6.45) is 6.61. The van der Waals surface area contributed by atoms with Gasteiger partial charge in [0.15, 0.2) is 5.16 Å². The van der Waals surface area contributed by atoms with Crippen LogP contribution >= 0.6 is 11.8 Å². The van der Waals surface area contributed by atoms with Gasteiger partial charge in [0.2, 0.25) is 5.91 Å². The molecule has 1 saturated heterocycles. The van der Waals surface area contributed by atoms with Crippen molar-refractivity contribution in [3.8, 4) is 0 Å². The Kier molecular flexibility index (Phi) is 6.78. The van der Waals surface area contributed by atoms with Crippen LogP contribution in [0.25, 0.3) is 10.9 Å². The molecule has 2 heterocycles. The first-order chi connectivity index (χ1) is 14.5. The number of nitrogens with one attached hydrogen (secondary N) is 1. The summed E-state index contributed by atoms with van der Waals surface area (Å²) >= 11 is 1.36. The lowest BCUT2D eigenvalue weighted by atomic mass is 9.86. The van der Waals surface area contributed by atoms with Crippen LogP contribution in [0, 0.1) is 5.92 Å². The first-order valence-electron chi connectivity index (χ1n) is 11.1. The van der Waals surface area contributed by atoms with Crippen molar-refractivity contribution in [2.45, 2.75) is 81.5 Å². The summed E-state index contributed by atoms with van der Waals surface area (Å²) < 4.78 is 7.47. The summed E-state index contributed by atoms with van der Waals surface area (Å²) in [6.45, 7) is 5.33. The molecule has 7 heteroatoms. The maximum atomic E-state index is 13.2. The van der Waals surface area contributed by atoms with Gasteiger partial charge in [-0.05, 0) is 50.7 Å². The minimum Gasteiger partial charge on any atom is -0.376 e. The normalized spacial score (nSPS) is 25.3. The smallest absolute Gasteiger partial charge is 0.262 e. The van der Waals surface area contributed by atoms with E-state index in [0.29, 0.717) is 28.5 Å². The van der Waals surface area contributed by atoms with Crippen LogP contribution in [-0.2, 0) is 16.1 Å². The maximum Gasteiger partial charge on any atom is 0.262 e. The molecule has 162 valence electrons. The van der Waals surface area contributed by atoms with Crippen LogP contribution in [0.15, 0.2) is 34.2 Å². The molecule has 4 rings (SSSR count). The second kappa shape index (κ2) is 9.52. The number of fused-ring (bicyclic) bond motifs is 1. The lowest BCUT2D eigenvalue weighted by Gasteiger charge is -2.30. The van der Waals surface area contributed by atoms with Gasteiger partial charge in [0.05, 0.1) is 28.8 Å². The molecule has 30 heavy (non-hydrogen) atoms. The van der Waals surface area contributed by atoms with E-state index in [9.17, 15) is 9.59 Å². The van der Waals surface area contributed by atoms with Crippen LogP contribution < -0.4 is 10.9 Å². The van der Waals surface area contributed by atoms with Crippen LogP contribution in [0.2, 0.25) is 0 Å². The zero-order valence-corrected chi connectivity index (χ0v) is 18.6. The molecule has 1 amide bonds. The fourth-order valence-electron chi connectivity index (χ4n) is 4.43. The van der Waals surface area contributed by atoms with Gasteiger partial charge in [0, 0.05) is 12.6 Å². The number of carbonyl (C=O) groups excluding carboxylic acids is 1. The molecule has 1 aromatic carbocycles. The molecule has 0 spiro atoms. The van der Waals surface area contributed by atoms with E-state index in [-0.39, 0.29) is 28.9 Å². The maximum absolute atomic E-state index is 13.2. The topological polar surface area (TPSA) is 73.2 Å². The van der Waals surface area contributed by atoms with Gasteiger partial charge in [-0.15, -0.1) is 0 Å². The molecule has 1 aromatic heterocycles. The van der Waals surface area contributed by atoms with Gasteiger partial charge in [-0.25, -0.2) is 4.98 Å². The zero-order valence-electron chi connectivity index (χ0n) is 17.8. The molecule has 1 aliphatic carbocycles. The minimum atomic E-state index is -0.331. The molecular weight excluding hydrogens is 398 g/mol. The number of hydrogen-bond donors (Lipinski definition) is 1. The summed E-state index contributed by atoms with van der Waals surface area (Å²) in [6, 6.07) is 7.65. The summed E-state index contributed by atoms with van der Waals surface area (Å²) in [4.78, 5) is 30.8. The van der Waals surface area contributed by atoms with E-state index in [1.807, 2.05) is 31.2 Å². The van der Waals surface area contributed by atoms with Crippen LogP contribution in [0.3, 0.4) is 0 Å². The molecule has 1 aliphatic heterocycles. The van der Waals surface area contributed by atoms with Crippen molar-refractivity contribution in [2.24, 2.45) is 5.92 Å². The first-order valence-corrected chi connectivity index (χ1v) is 12.0. The first kappa shape index (κ1) is 21.4. The Labute approximate surface area is 181 Å². The fraction of sp³-hybridized carbons (Fsp3) is 0.609. The number of amides is 1. The molecule has 1 N–H and O–H groups in total. The number of benzene rings is 1. The standard InChI is InChI=1S/C23H31N3O3S/c1-15-8-3-5-11-19(15)24-21(27)16(2)30-23-25-20-12-6-4-10-18(20)22(28)26(23)14-17-9-7-13-29-17/h4,6,10,12,15-17,19H,3,5,7-9,11,13-14H2,1-2H3,(H,24,27)/t15-,16-,17+,19-/m1/s1. The van der Waals surface area contributed by atoms with Crippen molar-refractivity contribution in [1.82, 2.24) is 14.9 Å². The van der Waals surface area contributed by atoms with Gasteiger partial charge in [-0.2, -0.15) is 0 Å². The predicted molar refractivity (Wildman–Crippen MR) is 120 cm³/mol. The number of aromatic nitrogens is 2. The van der Waals surface area contributed by atoms with Crippen LogP contribution in [0.4, 0.5) is 0 Å². The van der Waals surface area contributed by atoms with E-state index < -0.39 is 0 Å². The Balaban J connectivity index is 1.56. The highest BCUT2D eigenvalue weighted by molar-refractivity contribution is 8.00. The van der Waals surface area contributed by atoms with Crippen LogP contribution in [0.1, 0.15) is 52.4 Å². The van der Waals surface area contributed by atoms with Crippen molar-refractivity contribution < 1.29 is 9.53 Å². The Bertz CT molecular complexity index is 954. The molecule has 6 nitrogen and oxygen atoms in total. The van der Waals surface area contributed by atoms with Gasteiger partial charge in [0.1, 0.15) is 0 Å². The SMILES string of the molecule is C[C@@H]1CCCC[C@H]1NC(=O)[C@@H](C)Sc1nc2ccccc2c(=O)n1C[C@@H]1CCCO1. The summed E-state index contributed by atoms with van der Waals surface area (Å²) in [5.41, 5.74) is 0.606. The summed E-state index contributed by atoms with van der Waals surface area (Å²) in [7, 11) is 0. The highest BCUT2D eigenvalue weighted by atomic mass is 32.2. The predicted octanol–water partition coefficient (Wildman–Crippen LogP) is 3.75. The van der Waals surface area contributed by atoms with E-state index >= 15 is 0 Å². The van der Waals surface area contributed by atoms with E-state index in [1.165, 1.54) is 31.0 Å². The third-order valence-electron chi connectivity index (χ3n) is 6.33. The Morgan fingerprint density at radius 2 is 2.07 bits per heavy atom. The van der Waals surface area contributed by atoms with Gasteiger partial charge < -0.3 is 10.1 Å². The monoisotopic (exact) mass is 429 g/mol. The van der Waals surface area contributed by atoms with E-state index in [2.05, 4.69) is 12.2 Å². The average Bonchev–Trinajstić information content (AvgIpc) is 3.26. The molecule has 0 unspecified atom stereocenters. The highest BCUT2D eigenvalue weighted by Crippen LogP contribution is 2.27. The second-order valence-corrected chi connectivity index (χ2v) is 9.91. The lowest BCUT2D eigenvalue weighted by molar-refractivity contribution is -0.121. The number of thioether (sulfide) groups is 1. The van der Waals surface area contributed by atoms with Crippen LogP contribution in [0.5, 0.6) is 0 Å². The highest BCUT2D eigenvalue weighted by Gasteiger charge is 2.27. The largest absolute Gasteiger partial charge is 0.376 e. The zero-order chi connectivity index (χ0) is 21.1. The molecular formula is C23H31N3O3S. The Hall–Kier alpha value is -1.86. The second-order valence-electron chi connectivity index (χ2n) is 8.60. The van der Waals surface area contributed by atoms with Crippen molar-refractivity contribution in [3.63, 3.8) is 0 Å². The van der Waals surface area contributed by atoms with Crippen molar-refractivity contribution in [3.05, 3.63) is 34.6 Å². The number of nitrogens with zero attached hydrogens (tertiary/aromatic N) is 2.